The highest BCUT2D eigenvalue weighted by molar-refractivity contribution is 4.99. The van der Waals surface area contributed by atoms with E-state index in [9.17, 15) is 0 Å². The standard InChI is InChI=1S/C15H26N2/c1-3-16-8-12-7-11-5-10(14(1)12)6-13-9-17-4-2-15(11)13/h10-17H,1-9H2/t10-,11-,12?,13?,14?,15?/m0/s1. The van der Waals surface area contributed by atoms with E-state index >= 15 is 0 Å². The van der Waals surface area contributed by atoms with Crippen molar-refractivity contribution in [3.63, 3.8) is 0 Å². The van der Waals surface area contributed by atoms with E-state index in [4.69, 9.17) is 0 Å². The smallest absolute Gasteiger partial charge is 0.00177 e. The highest BCUT2D eigenvalue weighted by Gasteiger charge is 2.47. The molecule has 2 N–H and O–H groups in total. The summed E-state index contributed by atoms with van der Waals surface area (Å²) in [5.74, 6) is 6.39. The van der Waals surface area contributed by atoms with Crippen molar-refractivity contribution < 1.29 is 0 Å². The van der Waals surface area contributed by atoms with Crippen molar-refractivity contribution in [3.8, 4) is 0 Å². The molecule has 4 unspecified atom stereocenters. The first kappa shape index (κ1) is 10.8. The SMILES string of the molecule is C1CC2C(CN1)C[C@@H]1C[C@H]2CC2CNCCC21. The summed E-state index contributed by atoms with van der Waals surface area (Å²) in [6, 6.07) is 0. The molecule has 2 aliphatic heterocycles. The summed E-state index contributed by atoms with van der Waals surface area (Å²) in [6.45, 7) is 5.23. The van der Waals surface area contributed by atoms with Crippen molar-refractivity contribution in [1.29, 1.82) is 0 Å². The van der Waals surface area contributed by atoms with E-state index in [-0.39, 0.29) is 0 Å². The van der Waals surface area contributed by atoms with Crippen LogP contribution in [0.3, 0.4) is 0 Å². The van der Waals surface area contributed by atoms with Gasteiger partial charge >= 0.3 is 0 Å². The molecule has 2 heterocycles. The third-order valence-electron chi connectivity index (χ3n) is 6.36. The van der Waals surface area contributed by atoms with Gasteiger partial charge in [0.1, 0.15) is 0 Å². The quantitative estimate of drug-likeness (QED) is 0.668. The Morgan fingerprint density at radius 2 is 1.06 bits per heavy atom. The average Bonchev–Trinajstić information content (AvgIpc) is 2.39. The Bertz CT molecular complexity index is 263. The molecule has 4 aliphatic rings. The fraction of sp³-hybridized carbons (Fsp3) is 1.00. The molecule has 96 valence electrons. The Morgan fingerprint density at radius 1 is 0.588 bits per heavy atom. The summed E-state index contributed by atoms with van der Waals surface area (Å²) in [5, 5.41) is 7.27. The molecule has 2 bridgehead atoms. The normalized spacial score (nSPS) is 53.6. The molecular formula is C15H26N2. The van der Waals surface area contributed by atoms with Gasteiger partial charge < -0.3 is 10.6 Å². The summed E-state index contributed by atoms with van der Waals surface area (Å²) in [7, 11) is 0. The monoisotopic (exact) mass is 234 g/mol. The fourth-order valence-corrected chi connectivity index (χ4v) is 5.70. The lowest BCUT2D eigenvalue weighted by Gasteiger charge is -2.54. The van der Waals surface area contributed by atoms with Crippen molar-refractivity contribution in [1.82, 2.24) is 10.6 Å². The first-order valence-electron chi connectivity index (χ1n) is 7.83. The minimum Gasteiger partial charge on any atom is -0.316 e. The molecule has 0 radical (unpaired) electrons. The molecule has 2 saturated heterocycles. The van der Waals surface area contributed by atoms with E-state index in [0.29, 0.717) is 0 Å². The zero-order valence-electron chi connectivity index (χ0n) is 10.8. The molecule has 4 rings (SSSR count). The van der Waals surface area contributed by atoms with Gasteiger partial charge in [-0.1, -0.05) is 0 Å². The molecule has 2 aliphatic carbocycles. The van der Waals surface area contributed by atoms with Crippen molar-refractivity contribution >= 4 is 0 Å². The molecule has 2 heteroatoms. The van der Waals surface area contributed by atoms with Gasteiger partial charge in [-0.25, -0.2) is 0 Å². The number of hydrogen-bond acceptors (Lipinski definition) is 2. The molecule has 0 aromatic rings. The van der Waals surface area contributed by atoms with Gasteiger partial charge in [-0.2, -0.15) is 0 Å². The van der Waals surface area contributed by atoms with Gasteiger partial charge in [-0.05, 0) is 93.8 Å². The topological polar surface area (TPSA) is 24.1 Å². The summed E-state index contributed by atoms with van der Waals surface area (Å²) >= 11 is 0. The average molecular weight is 234 g/mol. The molecule has 2 saturated carbocycles. The second kappa shape index (κ2) is 4.24. The summed E-state index contributed by atoms with van der Waals surface area (Å²) in [6.07, 6.45) is 7.62. The van der Waals surface area contributed by atoms with Gasteiger partial charge in [0.15, 0.2) is 0 Å². The summed E-state index contributed by atoms with van der Waals surface area (Å²) < 4.78 is 0. The summed E-state index contributed by atoms with van der Waals surface area (Å²) in [5.41, 5.74) is 0. The maximum Gasteiger partial charge on any atom is -0.00177 e. The third-order valence-corrected chi connectivity index (χ3v) is 6.36. The van der Waals surface area contributed by atoms with Crippen molar-refractivity contribution in [3.05, 3.63) is 0 Å². The molecule has 0 aromatic heterocycles. The van der Waals surface area contributed by atoms with Crippen LogP contribution in [0.25, 0.3) is 0 Å². The molecule has 17 heavy (non-hydrogen) atoms. The minimum absolute atomic E-state index is 1.03. The number of nitrogens with one attached hydrogen (secondary N) is 2. The van der Waals surface area contributed by atoms with Crippen LogP contribution in [-0.2, 0) is 0 Å². The minimum atomic E-state index is 1.03. The van der Waals surface area contributed by atoms with Crippen LogP contribution >= 0.6 is 0 Å². The van der Waals surface area contributed by atoms with Crippen LogP contribution in [0.15, 0.2) is 0 Å². The first-order chi connectivity index (χ1) is 8.42. The van der Waals surface area contributed by atoms with Crippen LogP contribution in [0.1, 0.15) is 32.1 Å². The number of piperidine rings is 2. The number of hydrogen-bond donors (Lipinski definition) is 2. The van der Waals surface area contributed by atoms with Gasteiger partial charge in [-0.3, -0.25) is 0 Å². The number of fused-ring (bicyclic) bond motifs is 6. The maximum absolute atomic E-state index is 3.63. The van der Waals surface area contributed by atoms with Crippen molar-refractivity contribution in [2.24, 2.45) is 35.5 Å². The van der Waals surface area contributed by atoms with Crippen molar-refractivity contribution in [2.75, 3.05) is 26.2 Å². The highest BCUT2D eigenvalue weighted by atomic mass is 14.9. The molecule has 2 nitrogen and oxygen atoms in total. The van der Waals surface area contributed by atoms with E-state index in [1.54, 1.807) is 19.3 Å². The van der Waals surface area contributed by atoms with E-state index in [1.165, 1.54) is 39.0 Å². The number of rotatable bonds is 0. The largest absolute Gasteiger partial charge is 0.316 e. The van der Waals surface area contributed by atoms with E-state index in [0.717, 1.165) is 35.5 Å². The Balaban J connectivity index is 1.56. The van der Waals surface area contributed by atoms with Gasteiger partial charge in [0.05, 0.1) is 0 Å². The first-order valence-corrected chi connectivity index (χ1v) is 7.83. The lowest BCUT2D eigenvalue weighted by molar-refractivity contribution is -0.0322. The Hall–Kier alpha value is -0.0800. The lowest BCUT2D eigenvalue weighted by Crippen LogP contribution is -2.52. The van der Waals surface area contributed by atoms with Gasteiger partial charge in [-0.15, -0.1) is 0 Å². The molecule has 6 atom stereocenters. The van der Waals surface area contributed by atoms with Gasteiger partial charge in [0, 0.05) is 0 Å². The van der Waals surface area contributed by atoms with Gasteiger partial charge in [0.25, 0.3) is 0 Å². The van der Waals surface area contributed by atoms with E-state index in [1.807, 2.05) is 0 Å². The second-order valence-electron chi connectivity index (χ2n) is 7.06. The van der Waals surface area contributed by atoms with Crippen molar-refractivity contribution in [2.45, 2.75) is 32.1 Å². The highest BCUT2D eigenvalue weighted by Crippen LogP contribution is 2.53. The Labute approximate surface area is 105 Å². The third kappa shape index (κ3) is 1.76. The van der Waals surface area contributed by atoms with Crippen LogP contribution in [0.4, 0.5) is 0 Å². The maximum atomic E-state index is 3.63. The molecule has 0 aromatic carbocycles. The predicted octanol–water partition coefficient (Wildman–Crippen LogP) is 1.87. The van der Waals surface area contributed by atoms with Gasteiger partial charge in [0.2, 0.25) is 0 Å². The predicted molar refractivity (Wildman–Crippen MR) is 69.8 cm³/mol. The van der Waals surface area contributed by atoms with Crippen LogP contribution in [0, 0.1) is 35.5 Å². The molecule has 0 amide bonds. The zero-order valence-corrected chi connectivity index (χ0v) is 10.8. The molecule has 4 fully saturated rings. The van der Waals surface area contributed by atoms with Crippen LogP contribution in [0.2, 0.25) is 0 Å². The Kier molecular flexibility index (Phi) is 2.69. The lowest BCUT2D eigenvalue weighted by atomic mass is 9.53. The van der Waals surface area contributed by atoms with Crippen LogP contribution in [0.5, 0.6) is 0 Å². The van der Waals surface area contributed by atoms with Crippen LogP contribution in [-0.4, -0.2) is 26.2 Å². The summed E-state index contributed by atoms with van der Waals surface area (Å²) in [4.78, 5) is 0. The van der Waals surface area contributed by atoms with Crippen LogP contribution < -0.4 is 10.6 Å². The second-order valence-corrected chi connectivity index (χ2v) is 7.06. The zero-order chi connectivity index (χ0) is 11.2. The molecular weight excluding hydrogens is 208 g/mol. The Morgan fingerprint density at radius 3 is 1.59 bits per heavy atom. The van der Waals surface area contributed by atoms with E-state index in [2.05, 4.69) is 10.6 Å². The fourth-order valence-electron chi connectivity index (χ4n) is 5.70. The molecule has 0 spiro atoms. The van der Waals surface area contributed by atoms with E-state index < -0.39 is 0 Å².